The summed E-state index contributed by atoms with van der Waals surface area (Å²) in [5, 5.41) is 0.439. The molecule has 0 fully saturated rings. The Bertz CT molecular complexity index is 336. The molecule has 1 aromatic carbocycles. The van der Waals surface area contributed by atoms with Crippen LogP contribution in [-0.2, 0) is 0 Å². The molecule has 62 valence electrons. The van der Waals surface area contributed by atoms with E-state index in [1.54, 1.807) is 0 Å². The van der Waals surface area contributed by atoms with Crippen LogP contribution in [0.3, 0.4) is 0 Å². The molecule has 0 spiro atoms. The smallest absolute Gasteiger partial charge is 0.124 e. The maximum absolute atomic E-state index is 12.6. The number of alkyl halides is 1. The van der Waals surface area contributed by atoms with Gasteiger partial charge in [0.1, 0.15) is 5.82 Å². The van der Waals surface area contributed by atoms with E-state index in [4.69, 9.17) is 23.2 Å². The number of hydrogen-bond donors (Lipinski definition) is 0. The first-order chi connectivity index (χ1) is 5.74. The van der Waals surface area contributed by atoms with Gasteiger partial charge in [-0.05, 0) is 18.2 Å². The number of rotatable bonds is 0. The molecule has 0 amide bonds. The first-order valence-electron chi connectivity index (χ1n) is 3.24. The van der Waals surface area contributed by atoms with Gasteiger partial charge in [0.2, 0.25) is 0 Å². The predicted octanol–water partition coefficient (Wildman–Crippen LogP) is 3.07. The molecular weight excluding hydrogens is 198 g/mol. The van der Waals surface area contributed by atoms with Crippen LogP contribution in [0.25, 0.3) is 0 Å². The van der Waals surface area contributed by atoms with E-state index in [1.165, 1.54) is 18.2 Å². The highest BCUT2D eigenvalue weighted by Gasteiger charge is 1.97. The highest BCUT2D eigenvalue weighted by atomic mass is 35.5. The van der Waals surface area contributed by atoms with Crippen LogP contribution in [-0.4, -0.2) is 5.88 Å². The Morgan fingerprint density at radius 2 is 2.17 bits per heavy atom. The summed E-state index contributed by atoms with van der Waals surface area (Å²) in [5.41, 5.74) is 0.470. The third-order valence-electron chi connectivity index (χ3n) is 1.22. The van der Waals surface area contributed by atoms with Crippen molar-refractivity contribution in [3.8, 4) is 11.8 Å². The summed E-state index contributed by atoms with van der Waals surface area (Å²) in [6, 6.07) is 4.03. The SMILES string of the molecule is Fc1ccc(Cl)c(C#CCCl)c1. The van der Waals surface area contributed by atoms with Crippen molar-refractivity contribution in [3.63, 3.8) is 0 Å². The average molecular weight is 203 g/mol. The summed E-state index contributed by atoms with van der Waals surface area (Å²) in [5.74, 6) is 5.11. The van der Waals surface area contributed by atoms with Gasteiger partial charge in [0, 0.05) is 5.56 Å². The van der Waals surface area contributed by atoms with Gasteiger partial charge >= 0.3 is 0 Å². The molecule has 0 heterocycles. The molecule has 1 aromatic rings. The number of hydrogen-bond acceptors (Lipinski definition) is 0. The molecule has 0 unspecified atom stereocenters. The Balaban J connectivity index is 3.05. The minimum atomic E-state index is -0.349. The monoisotopic (exact) mass is 202 g/mol. The maximum Gasteiger partial charge on any atom is 0.124 e. The summed E-state index contributed by atoms with van der Waals surface area (Å²) < 4.78 is 12.6. The lowest BCUT2D eigenvalue weighted by atomic mass is 10.2. The zero-order valence-electron chi connectivity index (χ0n) is 6.07. The fourth-order valence-electron chi connectivity index (χ4n) is 0.722. The summed E-state index contributed by atoms with van der Waals surface area (Å²) >= 11 is 11.1. The lowest BCUT2D eigenvalue weighted by Gasteiger charge is -1.94. The summed E-state index contributed by atoms with van der Waals surface area (Å²) in [6.45, 7) is 0. The lowest BCUT2D eigenvalue weighted by molar-refractivity contribution is 0.627. The molecule has 1 rings (SSSR count). The van der Waals surface area contributed by atoms with Crippen molar-refractivity contribution in [2.24, 2.45) is 0 Å². The van der Waals surface area contributed by atoms with Gasteiger partial charge in [0.05, 0.1) is 10.9 Å². The van der Waals surface area contributed by atoms with Crippen molar-refractivity contribution in [3.05, 3.63) is 34.6 Å². The van der Waals surface area contributed by atoms with E-state index in [0.717, 1.165) is 0 Å². The second-order valence-electron chi connectivity index (χ2n) is 2.06. The Morgan fingerprint density at radius 1 is 1.42 bits per heavy atom. The molecule has 12 heavy (non-hydrogen) atoms. The molecule has 0 aliphatic heterocycles. The minimum Gasteiger partial charge on any atom is -0.207 e. The van der Waals surface area contributed by atoms with Gasteiger partial charge < -0.3 is 0 Å². The zero-order chi connectivity index (χ0) is 8.97. The van der Waals surface area contributed by atoms with E-state index >= 15 is 0 Å². The molecule has 0 aromatic heterocycles. The van der Waals surface area contributed by atoms with Crippen LogP contribution < -0.4 is 0 Å². The van der Waals surface area contributed by atoms with Crippen LogP contribution in [0.15, 0.2) is 18.2 Å². The Labute approximate surface area is 80.3 Å². The second-order valence-corrected chi connectivity index (χ2v) is 2.73. The molecule has 0 N–H and O–H groups in total. The van der Waals surface area contributed by atoms with E-state index in [1.807, 2.05) is 0 Å². The molecule has 0 bridgehead atoms. The molecule has 0 radical (unpaired) electrons. The maximum atomic E-state index is 12.6. The third kappa shape index (κ3) is 2.41. The van der Waals surface area contributed by atoms with E-state index in [-0.39, 0.29) is 11.7 Å². The predicted molar refractivity (Wildman–Crippen MR) is 49.0 cm³/mol. The summed E-state index contributed by atoms with van der Waals surface area (Å²) in [7, 11) is 0. The van der Waals surface area contributed by atoms with Gasteiger partial charge in [-0.2, -0.15) is 0 Å². The Morgan fingerprint density at radius 3 is 2.83 bits per heavy atom. The van der Waals surface area contributed by atoms with Crippen molar-refractivity contribution in [1.82, 2.24) is 0 Å². The Kier molecular flexibility index (Phi) is 3.40. The van der Waals surface area contributed by atoms with Gasteiger partial charge in [-0.15, -0.1) is 11.6 Å². The lowest BCUT2D eigenvalue weighted by Crippen LogP contribution is -1.80. The molecule has 0 aliphatic carbocycles. The van der Waals surface area contributed by atoms with E-state index in [2.05, 4.69) is 11.8 Å². The van der Waals surface area contributed by atoms with Crippen molar-refractivity contribution in [2.75, 3.05) is 5.88 Å². The van der Waals surface area contributed by atoms with Gasteiger partial charge in [0.25, 0.3) is 0 Å². The largest absolute Gasteiger partial charge is 0.207 e. The van der Waals surface area contributed by atoms with Crippen LogP contribution in [0.1, 0.15) is 5.56 Å². The molecule has 3 heteroatoms. The van der Waals surface area contributed by atoms with E-state index < -0.39 is 0 Å². The van der Waals surface area contributed by atoms with Gasteiger partial charge in [-0.3, -0.25) is 0 Å². The normalized spacial score (nSPS) is 8.92. The molecule has 0 atom stereocenters. The van der Waals surface area contributed by atoms with Crippen LogP contribution in [0.4, 0.5) is 4.39 Å². The summed E-state index contributed by atoms with van der Waals surface area (Å²) in [6.07, 6.45) is 0. The van der Waals surface area contributed by atoms with E-state index in [9.17, 15) is 4.39 Å². The highest BCUT2D eigenvalue weighted by molar-refractivity contribution is 6.31. The quantitative estimate of drug-likeness (QED) is 0.449. The van der Waals surface area contributed by atoms with Crippen LogP contribution >= 0.6 is 23.2 Å². The average Bonchev–Trinajstić information content (AvgIpc) is 2.07. The van der Waals surface area contributed by atoms with Crippen LogP contribution in [0.2, 0.25) is 5.02 Å². The molecule has 0 saturated carbocycles. The van der Waals surface area contributed by atoms with Crippen LogP contribution in [0, 0.1) is 17.7 Å². The highest BCUT2D eigenvalue weighted by Crippen LogP contribution is 2.15. The molecule has 0 saturated heterocycles. The first kappa shape index (κ1) is 9.38. The fourth-order valence-corrected chi connectivity index (χ4v) is 0.954. The molecule has 0 aliphatic rings. The van der Waals surface area contributed by atoms with Gasteiger partial charge in [0.15, 0.2) is 0 Å². The van der Waals surface area contributed by atoms with E-state index in [0.29, 0.717) is 10.6 Å². The second kappa shape index (κ2) is 4.35. The minimum absolute atomic E-state index is 0.215. The third-order valence-corrected chi connectivity index (χ3v) is 1.68. The standard InChI is InChI=1S/C9H5Cl2F/c10-5-1-2-7-6-8(12)3-4-9(7)11/h3-4,6H,5H2. The Hall–Kier alpha value is -0.710. The number of halogens is 3. The molecular formula is C9H5Cl2F. The van der Waals surface area contributed by atoms with Gasteiger partial charge in [-0.1, -0.05) is 23.4 Å². The molecule has 0 nitrogen and oxygen atoms in total. The van der Waals surface area contributed by atoms with Crippen molar-refractivity contribution in [2.45, 2.75) is 0 Å². The van der Waals surface area contributed by atoms with Crippen molar-refractivity contribution in [1.29, 1.82) is 0 Å². The van der Waals surface area contributed by atoms with Crippen molar-refractivity contribution >= 4 is 23.2 Å². The van der Waals surface area contributed by atoms with Crippen LogP contribution in [0.5, 0.6) is 0 Å². The topological polar surface area (TPSA) is 0 Å². The summed E-state index contributed by atoms with van der Waals surface area (Å²) in [4.78, 5) is 0. The fraction of sp³-hybridized carbons (Fsp3) is 0.111. The first-order valence-corrected chi connectivity index (χ1v) is 4.15. The zero-order valence-corrected chi connectivity index (χ0v) is 7.58. The van der Waals surface area contributed by atoms with Crippen molar-refractivity contribution < 1.29 is 4.39 Å². The number of benzene rings is 1. The van der Waals surface area contributed by atoms with Gasteiger partial charge in [-0.25, -0.2) is 4.39 Å².